The Morgan fingerprint density at radius 1 is 1.19 bits per heavy atom. The van der Waals surface area contributed by atoms with E-state index in [2.05, 4.69) is 58.9 Å². The Hall–Kier alpha value is -3.18. The van der Waals surface area contributed by atoms with E-state index in [0.29, 0.717) is 6.04 Å². The van der Waals surface area contributed by atoms with Gasteiger partial charge in [0.25, 0.3) is 5.56 Å². The van der Waals surface area contributed by atoms with Crippen molar-refractivity contribution in [3.63, 3.8) is 0 Å². The predicted octanol–water partition coefficient (Wildman–Crippen LogP) is 3.09. The van der Waals surface area contributed by atoms with Gasteiger partial charge in [-0.3, -0.25) is 19.4 Å². The zero-order chi connectivity index (χ0) is 22.8. The number of pyridine rings is 2. The summed E-state index contributed by atoms with van der Waals surface area (Å²) in [5.74, 6) is 0. The van der Waals surface area contributed by atoms with Crippen molar-refractivity contribution in [2.45, 2.75) is 58.3 Å². The smallest absolute Gasteiger partial charge is 0.252 e. The highest BCUT2D eigenvalue weighted by molar-refractivity contribution is 5.88. The first-order chi connectivity index (χ1) is 15.5. The summed E-state index contributed by atoms with van der Waals surface area (Å²) in [5.41, 5.74) is 3.64. The predicted molar refractivity (Wildman–Crippen MR) is 125 cm³/mol. The number of piperazine rings is 1. The third-order valence-electron chi connectivity index (χ3n) is 6.85. The van der Waals surface area contributed by atoms with Crippen LogP contribution in [0.4, 0.5) is 5.69 Å². The van der Waals surface area contributed by atoms with Gasteiger partial charge in [0.15, 0.2) is 0 Å². The summed E-state index contributed by atoms with van der Waals surface area (Å²) in [6.45, 7) is 8.59. The van der Waals surface area contributed by atoms with E-state index < -0.39 is 0 Å². The summed E-state index contributed by atoms with van der Waals surface area (Å²) in [6.07, 6.45) is 7.48. The number of nitrogens with zero attached hydrogens (tertiary/aromatic N) is 7. The summed E-state index contributed by atoms with van der Waals surface area (Å²) in [5, 5.41) is 13.8. The highest BCUT2D eigenvalue weighted by atomic mass is 16.1. The van der Waals surface area contributed by atoms with Gasteiger partial charge in [0, 0.05) is 56.7 Å². The van der Waals surface area contributed by atoms with Gasteiger partial charge in [-0.1, -0.05) is 13.8 Å². The molecule has 32 heavy (non-hydrogen) atoms. The minimum absolute atomic E-state index is 0.0560. The fourth-order valence-corrected chi connectivity index (χ4v) is 4.90. The first-order valence-electron chi connectivity index (χ1n) is 11.3. The first-order valence-corrected chi connectivity index (χ1v) is 11.3. The number of nitriles is 1. The Morgan fingerprint density at radius 2 is 1.91 bits per heavy atom. The van der Waals surface area contributed by atoms with Crippen LogP contribution in [0.2, 0.25) is 0 Å². The molecule has 3 atom stereocenters. The van der Waals surface area contributed by atoms with Crippen LogP contribution in [0.1, 0.15) is 45.2 Å². The second-order valence-electron chi connectivity index (χ2n) is 8.58. The Kier molecular flexibility index (Phi) is 6.28. The van der Waals surface area contributed by atoms with Gasteiger partial charge in [0.1, 0.15) is 12.1 Å². The van der Waals surface area contributed by atoms with E-state index in [4.69, 9.17) is 5.26 Å². The monoisotopic (exact) mass is 433 g/mol. The molecule has 3 aromatic heterocycles. The van der Waals surface area contributed by atoms with Crippen molar-refractivity contribution < 1.29 is 0 Å². The number of fused-ring (bicyclic) bond motifs is 1. The molecule has 0 aliphatic carbocycles. The summed E-state index contributed by atoms with van der Waals surface area (Å²) in [6, 6.07) is 8.94. The van der Waals surface area contributed by atoms with E-state index in [0.717, 1.165) is 42.7 Å². The van der Waals surface area contributed by atoms with Crippen molar-refractivity contribution in [3.05, 3.63) is 52.7 Å². The van der Waals surface area contributed by atoms with Gasteiger partial charge in [-0.25, -0.2) is 0 Å². The topological polar surface area (TPSA) is 83.0 Å². The Labute approximate surface area is 188 Å². The SMILES string of the molecule is CC[C@H]1CN(C(C)c2ccncc2)[C@H](CC)CN1c1cc(=O)n(C)c2cn(CC#N)nc12. The number of rotatable bonds is 6. The van der Waals surface area contributed by atoms with Gasteiger partial charge in [-0.15, -0.1) is 0 Å². The van der Waals surface area contributed by atoms with E-state index in [1.165, 1.54) is 5.56 Å². The standard InChI is InChI=1S/C24H31N7O/c1-5-19-15-31(20(6-2)14-30(19)17(3)18-7-10-26-11-8-18)21-13-23(32)28(4)22-16-29(12-9-25)27-24(21)22/h7-8,10-11,13,16-17,19-20H,5-6,12,14-15H2,1-4H3/t17?,19-,20+/m1/s1. The highest BCUT2D eigenvalue weighted by Crippen LogP contribution is 2.34. The molecule has 1 aliphatic rings. The number of aromatic nitrogens is 4. The average molecular weight is 434 g/mol. The van der Waals surface area contributed by atoms with E-state index in [9.17, 15) is 4.79 Å². The third-order valence-corrected chi connectivity index (χ3v) is 6.85. The van der Waals surface area contributed by atoms with Crippen molar-refractivity contribution in [1.82, 2.24) is 24.2 Å². The number of aryl methyl sites for hydroxylation is 1. The van der Waals surface area contributed by atoms with Crippen LogP contribution in [-0.2, 0) is 13.6 Å². The molecule has 0 saturated carbocycles. The minimum Gasteiger partial charge on any atom is -0.364 e. The molecule has 168 valence electrons. The van der Waals surface area contributed by atoms with Crippen molar-refractivity contribution >= 4 is 16.7 Å². The van der Waals surface area contributed by atoms with Crippen molar-refractivity contribution in [2.75, 3.05) is 18.0 Å². The molecule has 8 heteroatoms. The lowest BCUT2D eigenvalue weighted by molar-refractivity contribution is 0.101. The van der Waals surface area contributed by atoms with Crippen molar-refractivity contribution in [2.24, 2.45) is 7.05 Å². The third kappa shape index (κ3) is 3.89. The molecule has 0 amide bonds. The lowest BCUT2D eigenvalue weighted by Crippen LogP contribution is -2.58. The zero-order valence-electron chi connectivity index (χ0n) is 19.3. The summed E-state index contributed by atoms with van der Waals surface area (Å²) in [7, 11) is 1.76. The Balaban J connectivity index is 1.74. The van der Waals surface area contributed by atoms with Crippen LogP contribution in [0, 0.1) is 11.3 Å². The second-order valence-corrected chi connectivity index (χ2v) is 8.58. The van der Waals surface area contributed by atoms with Crippen LogP contribution in [0.25, 0.3) is 11.0 Å². The molecule has 0 bridgehead atoms. The van der Waals surface area contributed by atoms with Gasteiger partial charge in [-0.05, 0) is 37.5 Å². The van der Waals surface area contributed by atoms with Crippen molar-refractivity contribution in [1.29, 1.82) is 5.26 Å². The summed E-state index contributed by atoms with van der Waals surface area (Å²) in [4.78, 5) is 21.9. The molecular formula is C24H31N7O. The van der Waals surface area contributed by atoms with E-state index in [1.54, 1.807) is 28.6 Å². The number of hydrogen-bond donors (Lipinski definition) is 0. The molecule has 8 nitrogen and oxygen atoms in total. The molecule has 0 spiro atoms. The van der Waals surface area contributed by atoms with Gasteiger partial charge in [-0.2, -0.15) is 10.4 Å². The maximum Gasteiger partial charge on any atom is 0.252 e. The maximum atomic E-state index is 12.8. The van der Waals surface area contributed by atoms with Crippen LogP contribution in [0.15, 0.2) is 41.6 Å². The van der Waals surface area contributed by atoms with Gasteiger partial charge < -0.3 is 9.47 Å². The van der Waals surface area contributed by atoms with E-state index in [1.807, 2.05) is 12.4 Å². The lowest BCUT2D eigenvalue weighted by Gasteiger charge is -2.49. The second kappa shape index (κ2) is 9.13. The van der Waals surface area contributed by atoms with E-state index >= 15 is 0 Å². The normalized spacial score (nSPS) is 20.4. The molecule has 1 saturated heterocycles. The van der Waals surface area contributed by atoms with Gasteiger partial charge in [0.05, 0.1) is 23.5 Å². The molecule has 0 N–H and O–H groups in total. The fraction of sp³-hybridized carbons (Fsp3) is 0.500. The molecule has 4 rings (SSSR count). The van der Waals surface area contributed by atoms with Crippen LogP contribution >= 0.6 is 0 Å². The first kappa shape index (κ1) is 22.0. The van der Waals surface area contributed by atoms with Crippen LogP contribution in [0.3, 0.4) is 0 Å². The number of hydrogen-bond acceptors (Lipinski definition) is 6. The average Bonchev–Trinajstić information content (AvgIpc) is 3.25. The van der Waals surface area contributed by atoms with Crippen LogP contribution in [-0.4, -0.2) is 49.4 Å². The van der Waals surface area contributed by atoms with Crippen LogP contribution in [0.5, 0.6) is 0 Å². The van der Waals surface area contributed by atoms with Gasteiger partial charge >= 0.3 is 0 Å². The molecule has 1 unspecified atom stereocenters. The minimum atomic E-state index is -0.0560. The molecular weight excluding hydrogens is 402 g/mol. The molecule has 4 heterocycles. The zero-order valence-corrected chi connectivity index (χ0v) is 19.3. The van der Waals surface area contributed by atoms with Gasteiger partial charge in [0.2, 0.25) is 0 Å². The molecule has 0 radical (unpaired) electrons. The molecule has 0 aromatic carbocycles. The Morgan fingerprint density at radius 3 is 2.56 bits per heavy atom. The summed E-state index contributed by atoms with van der Waals surface area (Å²) >= 11 is 0. The van der Waals surface area contributed by atoms with Crippen molar-refractivity contribution in [3.8, 4) is 6.07 Å². The summed E-state index contributed by atoms with van der Waals surface area (Å²) < 4.78 is 3.23. The van der Waals surface area contributed by atoms with Crippen LogP contribution < -0.4 is 10.5 Å². The fourth-order valence-electron chi connectivity index (χ4n) is 4.90. The molecule has 1 aliphatic heterocycles. The quantitative estimate of drug-likeness (QED) is 0.594. The molecule has 3 aromatic rings. The van der Waals surface area contributed by atoms with E-state index in [-0.39, 0.29) is 24.2 Å². The number of anilines is 1. The largest absolute Gasteiger partial charge is 0.364 e. The molecule has 1 fully saturated rings. The maximum absolute atomic E-state index is 12.8. The lowest BCUT2D eigenvalue weighted by atomic mass is 9.97. The Bertz CT molecular complexity index is 1180. The highest BCUT2D eigenvalue weighted by Gasteiger charge is 2.36.